The van der Waals surface area contributed by atoms with Crippen LogP contribution in [0.5, 0.6) is 0 Å². The highest BCUT2D eigenvalue weighted by Crippen LogP contribution is 2.38. The van der Waals surface area contributed by atoms with E-state index in [4.69, 9.17) is 75.7 Å². The second-order valence-electron chi connectivity index (χ2n) is 42.0. The standard InChI is InChI=1S/C27H34ClN3.C26H34ClN3.C25H26ClN3O.C20H22ClN3.C20H24N4/c28-24-13-10-22(11-14-24)20-31-26-9-5-4-8-25(26)29-27(31)15-12-23-16-17-30(19-23)18-21-6-2-1-3-7-21;1-17-11-22-23(12-18(17)2)30(16-19-7-9-21(27)10-8-19)24(28-22)13-20-14-25(3,4)29-26(5,6)15-20;1-28-13-12-19(16-28)6-11-25-27-22-15-20(24-3-2-14-30-24)7-10-23(22)29(25)17-18-4-8-21(26)9-5-18;21-17-9-7-16(8-10-17)15-24-19-6-2-1-5-18(19)22-20(24)11-14-23-12-3-4-13-23;1-15-4-6-17(7-5-15)14-24-19(13-16-8-11-21-12-9-16)23-18-3-2-10-22-20(18)24/h4-5,8-11,13-14,21,23H,1-3,6-7,12,15-20H2;7-12,20,29H,13-16H2,1-6H3;2-5,7-10,14-15,19H,6,11-13,16-17H2,1H3;1-2,5-10H,3-4,11-15H2;2-7,10,16,21H,8-9,11-14H2,1H3. The highest BCUT2D eigenvalue weighted by molar-refractivity contribution is 6.31. The van der Waals surface area contributed by atoms with Crippen molar-refractivity contribution in [1.29, 1.82) is 0 Å². The summed E-state index contributed by atoms with van der Waals surface area (Å²) in [5, 5.41) is 10.4. The van der Waals surface area contributed by atoms with Crippen LogP contribution in [0.3, 0.4) is 0 Å². The van der Waals surface area contributed by atoms with Gasteiger partial charge < -0.3 is 52.6 Å². The number of aryl methyl sites for hydroxylation is 5. The molecule has 12 heterocycles. The van der Waals surface area contributed by atoms with Crippen LogP contribution < -0.4 is 10.6 Å². The fraction of sp³-hybridized carbons (Fsp3) is 0.424. The number of halogens is 4. The zero-order chi connectivity index (χ0) is 95.9. The Bertz CT molecular complexity index is 6660. The van der Waals surface area contributed by atoms with E-state index in [1.807, 2.05) is 72.9 Å². The van der Waals surface area contributed by atoms with E-state index in [9.17, 15) is 0 Å². The van der Waals surface area contributed by atoms with Gasteiger partial charge in [0, 0.05) is 127 Å². The van der Waals surface area contributed by atoms with Crippen LogP contribution in [0.15, 0.2) is 241 Å². The number of nitrogens with one attached hydrogen (secondary N) is 2. The van der Waals surface area contributed by atoms with Gasteiger partial charge in [0.1, 0.15) is 40.4 Å². The Morgan fingerprint density at radius 1 is 0.381 bits per heavy atom. The van der Waals surface area contributed by atoms with Crippen LogP contribution >= 0.6 is 46.4 Å². The van der Waals surface area contributed by atoms with Crippen LogP contribution in [0.4, 0.5) is 0 Å². The Morgan fingerprint density at radius 2 is 0.849 bits per heavy atom. The van der Waals surface area contributed by atoms with Gasteiger partial charge in [-0.15, -0.1) is 0 Å². The van der Waals surface area contributed by atoms with Crippen molar-refractivity contribution in [3.63, 3.8) is 0 Å². The molecule has 21 heteroatoms. The molecule has 0 bridgehead atoms. The molecular formula is C118H140Cl4N16O. The molecule has 2 N–H and O–H groups in total. The van der Waals surface area contributed by atoms with Gasteiger partial charge in [-0.2, -0.15) is 0 Å². The summed E-state index contributed by atoms with van der Waals surface area (Å²) < 4.78 is 17.4. The van der Waals surface area contributed by atoms with E-state index in [1.54, 1.807) is 6.26 Å². The van der Waals surface area contributed by atoms with E-state index in [0.29, 0.717) is 5.92 Å². The molecule has 5 aliphatic heterocycles. The van der Waals surface area contributed by atoms with Gasteiger partial charge >= 0.3 is 0 Å². The molecule has 2 unspecified atom stereocenters. The van der Waals surface area contributed by atoms with Gasteiger partial charge in [-0.1, -0.05) is 168 Å². The number of fused-ring (bicyclic) bond motifs is 5. The number of furan rings is 1. The molecule has 22 rings (SSSR count). The SMILES string of the molecule is CN1CCC(CCc2nc3cc(-c4ccco4)ccc3n2Cc2ccc(Cl)cc2)C1.Cc1cc2nc(CC3CC(C)(C)NC(C)(C)C3)n(Cc3ccc(Cl)cc3)c2cc1C.Cc1ccc(Cn2c(CC3CCNCC3)nc3cccnc32)cc1.Clc1ccc(Cn2c(CCC3CCN(CC4CCCCC4)C3)nc3ccccc32)cc1.Clc1ccc(Cn2c(CCN3CCCC3)nc3ccccc32)cc1. The molecule has 6 aliphatic rings. The first kappa shape index (κ1) is 98.9. The quantitative estimate of drug-likeness (QED) is 0.0531. The third-order valence-electron chi connectivity index (χ3n) is 29.8. The number of benzene rings is 9. The van der Waals surface area contributed by atoms with E-state index < -0.39 is 0 Å². The summed E-state index contributed by atoms with van der Waals surface area (Å²) in [6, 6.07) is 77.3. The van der Waals surface area contributed by atoms with Crippen LogP contribution in [-0.2, 0) is 64.8 Å². The van der Waals surface area contributed by atoms with Gasteiger partial charge in [-0.3, -0.25) is 0 Å². The second-order valence-corrected chi connectivity index (χ2v) is 43.7. The molecule has 17 nitrogen and oxygen atoms in total. The van der Waals surface area contributed by atoms with Crippen molar-refractivity contribution in [3.05, 3.63) is 331 Å². The monoisotopic (exact) mass is 1940 g/mol. The molecule has 726 valence electrons. The lowest BCUT2D eigenvalue weighted by atomic mass is 9.74. The van der Waals surface area contributed by atoms with E-state index in [1.165, 1.54) is 232 Å². The molecular weight excluding hydrogens is 1800 g/mol. The molecule has 9 aromatic carbocycles. The van der Waals surface area contributed by atoms with E-state index in [-0.39, 0.29) is 11.1 Å². The number of hydrogen-bond donors (Lipinski definition) is 2. The third kappa shape index (κ3) is 26.4. The van der Waals surface area contributed by atoms with Crippen molar-refractivity contribution in [2.24, 2.45) is 29.6 Å². The average molecular weight is 1940 g/mol. The zero-order valence-electron chi connectivity index (χ0n) is 82.8. The maximum Gasteiger partial charge on any atom is 0.160 e. The number of nitrogens with zero attached hydrogens (tertiary/aromatic N) is 14. The molecule has 139 heavy (non-hydrogen) atoms. The lowest BCUT2D eigenvalue weighted by Crippen LogP contribution is -2.58. The van der Waals surface area contributed by atoms with E-state index >= 15 is 0 Å². The Morgan fingerprint density at radius 3 is 1.40 bits per heavy atom. The number of hydrogen-bond acceptors (Lipinski definition) is 12. The normalized spacial score (nSPS) is 17.8. The smallest absolute Gasteiger partial charge is 0.160 e. The topological polar surface area (TPSA) is 149 Å². The fourth-order valence-corrected chi connectivity index (χ4v) is 23.2. The zero-order valence-corrected chi connectivity index (χ0v) is 85.9. The Labute approximate surface area is 842 Å². The van der Waals surface area contributed by atoms with Gasteiger partial charge in [0.2, 0.25) is 0 Å². The van der Waals surface area contributed by atoms with Gasteiger partial charge in [0.05, 0.1) is 56.9 Å². The molecule has 0 spiro atoms. The summed E-state index contributed by atoms with van der Waals surface area (Å²) >= 11 is 24.3. The third-order valence-corrected chi connectivity index (χ3v) is 30.8. The van der Waals surface area contributed by atoms with Crippen LogP contribution in [0.2, 0.25) is 20.1 Å². The minimum atomic E-state index is 0.145. The minimum absolute atomic E-state index is 0.145. The van der Waals surface area contributed by atoms with Crippen LogP contribution in [0, 0.1) is 50.4 Å². The lowest BCUT2D eigenvalue weighted by molar-refractivity contribution is 0.127. The van der Waals surface area contributed by atoms with Crippen molar-refractivity contribution >= 4 is 102 Å². The Hall–Kier alpha value is -10.3. The first-order chi connectivity index (χ1) is 67.5. The number of aromatic nitrogens is 11. The van der Waals surface area contributed by atoms with Crippen molar-refractivity contribution in [2.75, 3.05) is 72.5 Å². The number of likely N-dealkylation sites (tertiary alicyclic amines) is 3. The van der Waals surface area contributed by atoms with Crippen molar-refractivity contribution < 1.29 is 4.42 Å². The van der Waals surface area contributed by atoms with Crippen molar-refractivity contribution in [1.82, 2.24) is 78.1 Å². The van der Waals surface area contributed by atoms with E-state index in [2.05, 4.69) is 266 Å². The summed E-state index contributed by atoms with van der Waals surface area (Å²) in [6.07, 6.45) is 28.5. The van der Waals surface area contributed by atoms with Gasteiger partial charge in [0.15, 0.2) is 5.65 Å². The van der Waals surface area contributed by atoms with Crippen molar-refractivity contribution in [3.8, 4) is 11.3 Å². The first-order valence-electron chi connectivity index (χ1n) is 51.3. The molecule has 1 saturated carbocycles. The second kappa shape index (κ2) is 46.2. The summed E-state index contributed by atoms with van der Waals surface area (Å²) in [5.74, 6) is 10.7. The fourth-order valence-electron chi connectivity index (χ4n) is 22.7. The van der Waals surface area contributed by atoms with Crippen LogP contribution in [0.25, 0.3) is 66.6 Å². The molecule has 6 fully saturated rings. The van der Waals surface area contributed by atoms with Gasteiger partial charge in [-0.05, 0) is 368 Å². The number of imidazole rings is 5. The highest BCUT2D eigenvalue weighted by atomic mass is 35.5. The van der Waals surface area contributed by atoms with Crippen molar-refractivity contribution in [2.45, 2.75) is 221 Å². The molecule has 0 radical (unpaired) electrons. The minimum Gasteiger partial charge on any atom is -0.464 e. The molecule has 5 saturated heterocycles. The largest absolute Gasteiger partial charge is 0.464 e. The molecule has 16 aromatic rings. The summed E-state index contributed by atoms with van der Waals surface area (Å²) in [6.45, 7) is 32.1. The molecule has 2 atom stereocenters. The number of piperidine rings is 2. The highest BCUT2D eigenvalue weighted by Gasteiger charge is 2.39. The van der Waals surface area contributed by atoms with Crippen LogP contribution in [0.1, 0.15) is 198 Å². The Balaban J connectivity index is 0.000000116. The number of rotatable bonds is 26. The molecule has 7 aromatic heterocycles. The average Bonchev–Trinajstić information content (AvgIpc) is 1.62. The number of para-hydroxylation sites is 4. The predicted molar refractivity (Wildman–Crippen MR) is 576 cm³/mol. The summed E-state index contributed by atoms with van der Waals surface area (Å²) in [4.78, 5) is 37.3. The maximum atomic E-state index is 6.12. The van der Waals surface area contributed by atoms with Gasteiger partial charge in [0.25, 0.3) is 0 Å². The lowest BCUT2D eigenvalue weighted by Gasteiger charge is -2.46. The Kier molecular flexibility index (Phi) is 32.9. The first-order valence-corrected chi connectivity index (χ1v) is 52.9. The summed E-state index contributed by atoms with van der Waals surface area (Å²) in [5.41, 5.74) is 22.8. The molecule has 0 amide bonds. The van der Waals surface area contributed by atoms with Gasteiger partial charge in [-0.25, -0.2) is 29.9 Å². The predicted octanol–water partition coefficient (Wildman–Crippen LogP) is 26.6. The maximum absolute atomic E-state index is 6.12. The summed E-state index contributed by atoms with van der Waals surface area (Å²) in [7, 11) is 2.21. The molecule has 1 aliphatic carbocycles. The number of pyridine rings is 1. The van der Waals surface area contributed by atoms with E-state index in [0.717, 1.165) is 179 Å². The van der Waals surface area contributed by atoms with Crippen LogP contribution in [-0.4, -0.2) is 151 Å².